The molecule has 1 heterocycles. The van der Waals surface area contributed by atoms with Gasteiger partial charge in [-0.1, -0.05) is 18.2 Å². The zero-order valence-electron chi connectivity index (χ0n) is 11.8. The summed E-state index contributed by atoms with van der Waals surface area (Å²) in [4.78, 5) is 4.18. The highest BCUT2D eigenvalue weighted by Gasteiger charge is 2.09. The van der Waals surface area contributed by atoms with Gasteiger partial charge in [0.2, 0.25) is 0 Å². The van der Waals surface area contributed by atoms with Gasteiger partial charge in [-0.3, -0.25) is 0 Å². The van der Waals surface area contributed by atoms with Crippen LogP contribution >= 0.6 is 0 Å². The first-order chi connectivity index (χ1) is 9.13. The van der Waals surface area contributed by atoms with Crippen molar-refractivity contribution in [2.24, 2.45) is 5.73 Å². The van der Waals surface area contributed by atoms with E-state index in [-0.39, 0.29) is 0 Å². The van der Waals surface area contributed by atoms with Crippen molar-refractivity contribution in [3.05, 3.63) is 47.5 Å². The molecule has 19 heavy (non-hydrogen) atoms. The van der Waals surface area contributed by atoms with Crippen LogP contribution in [0.15, 0.2) is 30.7 Å². The number of rotatable bonds is 5. The Kier molecular flexibility index (Phi) is 4.22. The third kappa shape index (κ3) is 2.96. The maximum absolute atomic E-state index is 5.95. The Hall–Kier alpha value is -1.81. The molecule has 0 radical (unpaired) electrons. The molecule has 0 aliphatic carbocycles. The van der Waals surface area contributed by atoms with Crippen LogP contribution in [0.4, 0.5) is 0 Å². The summed E-state index contributed by atoms with van der Waals surface area (Å²) in [6.45, 7) is 7.29. The third-order valence-corrected chi connectivity index (χ3v) is 3.18. The molecule has 0 aliphatic rings. The van der Waals surface area contributed by atoms with Crippen molar-refractivity contribution in [1.82, 2.24) is 9.55 Å². The molecule has 4 nitrogen and oxygen atoms in total. The van der Waals surface area contributed by atoms with E-state index in [0.717, 1.165) is 22.6 Å². The molecule has 0 atom stereocenters. The van der Waals surface area contributed by atoms with Crippen LogP contribution in [0.5, 0.6) is 5.75 Å². The molecule has 0 saturated heterocycles. The van der Waals surface area contributed by atoms with Crippen LogP contribution in [-0.4, -0.2) is 9.55 Å². The summed E-state index contributed by atoms with van der Waals surface area (Å²) < 4.78 is 8.06. The topological polar surface area (TPSA) is 53.1 Å². The Morgan fingerprint density at radius 1 is 1.37 bits per heavy atom. The summed E-state index contributed by atoms with van der Waals surface area (Å²) in [5, 5.41) is 0. The lowest BCUT2D eigenvalue weighted by Crippen LogP contribution is -2.09. The predicted molar refractivity (Wildman–Crippen MR) is 76.0 cm³/mol. The first-order valence-electron chi connectivity index (χ1n) is 6.55. The Balaban J connectivity index is 2.17. The van der Waals surface area contributed by atoms with Crippen LogP contribution in [-0.2, 0) is 13.2 Å². The number of aryl methyl sites for hydroxylation is 1. The van der Waals surface area contributed by atoms with Gasteiger partial charge in [-0.25, -0.2) is 4.98 Å². The monoisotopic (exact) mass is 259 g/mol. The highest BCUT2D eigenvalue weighted by molar-refractivity contribution is 5.40. The quantitative estimate of drug-likeness (QED) is 0.898. The van der Waals surface area contributed by atoms with Gasteiger partial charge in [0.25, 0.3) is 0 Å². The second kappa shape index (κ2) is 5.89. The molecule has 0 spiro atoms. The number of hydrogen-bond donors (Lipinski definition) is 1. The Labute approximate surface area is 114 Å². The molecule has 2 aromatic rings. The zero-order valence-corrected chi connectivity index (χ0v) is 11.8. The van der Waals surface area contributed by atoms with E-state index in [9.17, 15) is 0 Å². The smallest absolute Gasteiger partial charge is 0.130 e. The van der Waals surface area contributed by atoms with Crippen LogP contribution in [0, 0.1) is 6.92 Å². The summed E-state index contributed by atoms with van der Waals surface area (Å²) in [6, 6.07) is 6.42. The fourth-order valence-electron chi connectivity index (χ4n) is 2.14. The second-order valence-electron chi connectivity index (χ2n) is 4.94. The molecule has 0 amide bonds. The molecular weight excluding hydrogens is 238 g/mol. The molecule has 4 heteroatoms. The molecule has 0 fully saturated rings. The molecule has 0 aliphatic heterocycles. The number of nitrogens with zero attached hydrogens (tertiary/aromatic N) is 2. The summed E-state index contributed by atoms with van der Waals surface area (Å²) in [7, 11) is 0. The first-order valence-corrected chi connectivity index (χ1v) is 6.55. The lowest BCUT2D eigenvalue weighted by molar-refractivity contribution is 0.287. The fourth-order valence-corrected chi connectivity index (χ4v) is 2.14. The molecular formula is C15H21N3O. The lowest BCUT2D eigenvalue weighted by Gasteiger charge is -2.15. The van der Waals surface area contributed by atoms with Crippen molar-refractivity contribution in [2.45, 2.75) is 40.0 Å². The summed E-state index contributed by atoms with van der Waals surface area (Å²) in [6.07, 6.45) is 3.69. The van der Waals surface area contributed by atoms with Crippen LogP contribution in [0.2, 0.25) is 0 Å². The highest BCUT2D eigenvalue weighted by Crippen LogP contribution is 2.24. The minimum Gasteiger partial charge on any atom is -0.487 e. The number of hydrogen-bond acceptors (Lipinski definition) is 3. The highest BCUT2D eigenvalue weighted by atomic mass is 16.5. The van der Waals surface area contributed by atoms with Crippen LogP contribution in [0.25, 0.3) is 0 Å². The molecule has 1 aromatic carbocycles. The fraction of sp³-hybridized carbons (Fsp3) is 0.400. The third-order valence-electron chi connectivity index (χ3n) is 3.18. The number of para-hydroxylation sites is 1. The largest absolute Gasteiger partial charge is 0.487 e. The number of imidazole rings is 1. The van der Waals surface area contributed by atoms with Gasteiger partial charge in [-0.15, -0.1) is 0 Å². The maximum Gasteiger partial charge on any atom is 0.130 e. The molecule has 2 rings (SSSR count). The normalized spacial score (nSPS) is 11.0. The number of aromatic nitrogens is 2. The number of nitrogens with two attached hydrogens (primary N) is 1. The van der Waals surface area contributed by atoms with Crippen molar-refractivity contribution < 1.29 is 4.74 Å². The van der Waals surface area contributed by atoms with E-state index in [1.165, 1.54) is 0 Å². The van der Waals surface area contributed by atoms with Gasteiger partial charge in [0.15, 0.2) is 0 Å². The Bertz CT molecular complexity index is 546. The van der Waals surface area contributed by atoms with E-state index < -0.39 is 0 Å². The van der Waals surface area contributed by atoms with E-state index >= 15 is 0 Å². The Morgan fingerprint density at radius 3 is 2.84 bits per heavy atom. The lowest BCUT2D eigenvalue weighted by atomic mass is 10.1. The van der Waals surface area contributed by atoms with Crippen LogP contribution in [0.3, 0.4) is 0 Å². The van der Waals surface area contributed by atoms with E-state index in [2.05, 4.69) is 23.4 Å². The van der Waals surface area contributed by atoms with Crippen molar-refractivity contribution in [2.75, 3.05) is 0 Å². The molecule has 0 bridgehead atoms. The van der Waals surface area contributed by atoms with Gasteiger partial charge in [-0.05, 0) is 26.3 Å². The standard InChI is InChI=1S/C15H21N3O/c1-11(2)18-10-17-8-14(18)9-19-15-12(3)5-4-6-13(15)7-16/h4-6,8,10-11H,7,9,16H2,1-3H3. The molecule has 1 aromatic heterocycles. The minimum atomic E-state index is 0.381. The Morgan fingerprint density at radius 2 is 2.16 bits per heavy atom. The van der Waals surface area contributed by atoms with Gasteiger partial charge in [0.1, 0.15) is 12.4 Å². The summed E-state index contributed by atoms with van der Waals surface area (Å²) in [5.41, 5.74) is 8.97. The number of ether oxygens (including phenoxy) is 1. The molecule has 0 unspecified atom stereocenters. The van der Waals surface area contributed by atoms with E-state index in [4.69, 9.17) is 10.5 Å². The van der Waals surface area contributed by atoms with Crippen LogP contribution in [0.1, 0.15) is 36.7 Å². The molecule has 2 N–H and O–H groups in total. The van der Waals surface area contributed by atoms with Crippen molar-refractivity contribution in [1.29, 1.82) is 0 Å². The SMILES string of the molecule is Cc1cccc(CN)c1OCc1cncn1C(C)C. The van der Waals surface area contributed by atoms with E-state index in [1.54, 1.807) is 0 Å². The van der Waals surface area contributed by atoms with Gasteiger partial charge >= 0.3 is 0 Å². The zero-order chi connectivity index (χ0) is 13.8. The average Bonchev–Trinajstić information content (AvgIpc) is 2.85. The van der Waals surface area contributed by atoms with E-state index in [1.807, 2.05) is 37.6 Å². The van der Waals surface area contributed by atoms with Gasteiger partial charge in [0.05, 0.1) is 18.2 Å². The molecule has 0 saturated carbocycles. The van der Waals surface area contributed by atoms with Crippen molar-refractivity contribution in [3.8, 4) is 5.75 Å². The number of benzene rings is 1. The second-order valence-corrected chi connectivity index (χ2v) is 4.94. The maximum atomic E-state index is 5.95. The summed E-state index contributed by atoms with van der Waals surface area (Å²) in [5.74, 6) is 0.890. The summed E-state index contributed by atoms with van der Waals surface area (Å²) >= 11 is 0. The van der Waals surface area contributed by atoms with Gasteiger partial charge < -0.3 is 15.0 Å². The van der Waals surface area contributed by atoms with Gasteiger partial charge in [-0.2, -0.15) is 0 Å². The van der Waals surface area contributed by atoms with Crippen molar-refractivity contribution in [3.63, 3.8) is 0 Å². The minimum absolute atomic E-state index is 0.381. The predicted octanol–water partition coefficient (Wildman–Crippen LogP) is 2.81. The van der Waals surface area contributed by atoms with E-state index in [0.29, 0.717) is 19.2 Å². The average molecular weight is 259 g/mol. The molecule has 102 valence electrons. The van der Waals surface area contributed by atoms with Gasteiger partial charge in [0, 0.05) is 18.2 Å². The van der Waals surface area contributed by atoms with Crippen LogP contribution < -0.4 is 10.5 Å². The first kappa shape index (κ1) is 13.6. The van der Waals surface area contributed by atoms with Crippen molar-refractivity contribution >= 4 is 0 Å².